The number of carbonyl (C=O) groups is 2. The van der Waals surface area contributed by atoms with Crippen molar-refractivity contribution in [1.82, 2.24) is 9.80 Å². The number of hydrogen-bond donors (Lipinski definition) is 1. The van der Waals surface area contributed by atoms with Gasteiger partial charge in [0.15, 0.2) is 0 Å². The molecule has 1 atom stereocenters. The first-order chi connectivity index (χ1) is 9.47. The van der Waals surface area contributed by atoms with E-state index < -0.39 is 11.9 Å². The molecule has 2 N–H and O–H groups in total. The predicted octanol–water partition coefficient (Wildman–Crippen LogP) is -0.00390. The SMILES string of the molecule is CN1CCN(C(=O)Cc2ccc(F)cc2)[C@H](C(N)=O)C1. The highest BCUT2D eigenvalue weighted by Gasteiger charge is 2.32. The Kier molecular flexibility index (Phi) is 4.34. The zero-order valence-electron chi connectivity index (χ0n) is 11.4. The van der Waals surface area contributed by atoms with E-state index in [2.05, 4.69) is 0 Å². The molecular formula is C14H18FN3O2. The molecule has 0 saturated carbocycles. The van der Waals surface area contributed by atoms with Gasteiger partial charge in [-0.15, -0.1) is 0 Å². The molecule has 0 aromatic heterocycles. The van der Waals surface area contributed by atoms with Crippen LogP contribution < -0.4 is 5.73 Å². The smallest absolute Gasteiger partial charge is 0.241 e. The first-order valence-electron chi connectivity index (χ1n) is 6.49. The van der Waals surface area contributed by atoms with Crippen LogP contribution in [0.4, 0.5) is 4.39 Å². The first-order valence-corrected chi connectivity index (χ1v) is 6.49. The molecule has 0 spiro atoms. The normalized spacial score (nSPS) is 19.9. The van der Waals surface area contributed by atoms with Gasteiger partial charge in [-0.1, -0.05) is 12.1 Å². The molecule has 5 nitrogen and oxygen atoms in total. The second-order valence-electron chi connectivity index (χ2n) is 5.07. The Bertz CT molecular complexity index is 504. The molecule has 0 aliphatic carbocycles. The topological polar surface area (TPSA) is 66.6 Å². The molecule has 108 valence electrons. The van der Waals surface area contributed by atoms with Gasteiger partial charge in [0.2, 0.25) is 11.8 Å². The van der Waals surface area contributed by atoms with E-state index >= 15 is 0 Å². The van der Waals surface area contributed by atoms with Gasteiger partial charge in [0, 0.05) is 19.6 Å². The van der Waals surface area contributed by atoms with Crippen LogP contribution in [0.1, 0.15) is 5.56 Å². The van der Waals surface area contributed by atoms with Crippen LogP contribution in [0.2, 0.25) is 0 Å². The van der Waals surface area contributed by atoms with Crippen LogP contribution in [0.15, 0.2) is 24.3 Å². The monoisotopic (exact) mass is 279 g/mol. The number of amides is 2. The van der Waals surface area contributed by atoms with E-state index in [1.54, 1.807) is 12.1 Å². The lowest BCUT2D eigenvalue weighted by Gasteiger charge is -2.38. The summed E-state index contributed by atoms with van der Waals surface area (Å²) in [5.41, 5.74) is 6.08. The molecule has 1 fully saturated rings. The van der Waals surface area contributed by atoms with E-state index in [1.165, 1.54) is 17.0 Å². The number of benzene rings is 1. The third-order valence-electron chi connectivity index (χ3n) is 3.50. The van der Waals surface area contributed by atoms with Crippen molar-refractivity contribution < 1.29 is 14.0 Å². The van der Waals surface area contributed by atoms with Crippen LogP contribution in [0, 0.1) is 5.82 Å². The Morgan fingerprint density at radius 3 is 2.55 bits per heavy atom. The molecule has 0 radical (unpaired) electrons. The minimum Gasteiger partial charge on any atom is -0.368 e. The van der Waals surface area contributed by atoms with Crippen molar-refractivity contribution in [1.29, 1.82) is 0 Å². The van der Waals surface area contributed by atoms with Gasteiger partial charge in [-0.3, -0.25) is 9.59 Å². The fraction of sp³-hybridized carbons (Fsp3) is 0.429. The molecule has 1 aromatic carbocycles. The fourth-order valence-electron chi connectivity index (χ4n) is 2.34. The number of nitrogens with zero attached hydrogens (tertiary/aromatic N) is 2. The summed E-state index contributed by atoms with van der Waals surface area (Å²) >= 11 is 0. The Labute approximate surface area is 117 Å². The fourth-order valence-corrected chi connectivity index (χ4v) is 2.34. The van der Waals surface area contributed by atoms with Crippen molar-refractivity contribution >= 4 is 11.8 Å². The van der Waals surface area contributed by atoms with Gasteiger partial charge in [0.1, 0.15) is 11.9 Å². The van der Waals surface area contributed by atoms with Gasteiger partial charge < -0.3 is 15.5 Å². The summed E-state index contributed by atoms with van der Waals surface area (Å²) in [5.74, 6) is -0.992. The lowest BCUT2D eigenvalue weighted by atomic mass is 10.1. The Morgan fingerprint density at radius 2 is 1.95 bits per heavy atom. The van der Waals surface area contributed by atoms with Gasteiger partial charge in [-0.25, -0.2) is 4.39 Å². The number of hydrogen-bond acceptors (Lipinski definition) is 3. The maximum atomic E-state index is 12.8. The van der Waals surface area contributed by atoms with Crippen molar-refractivity contribution in [2.24, 2.45) is 5.73 Å². The van der Waals surface area contributed by atoms with Crippen molar-refractivity contribution in [3.05, 3.63) is 35.6 Å². The second kappa shape index (κ2) is 6.00. The highest BCUT2D eigenvalue weighted by atomic mass is 19.1. The maximum absolute atomic E-state index is 12.8. The molecule has 1 aromatic rings. The number of rotatable bonds is 3. The third-order valence-corrected chi connectivity index (χ3v) is 3.50. The summed E-state index contributed by atoms with van der Waals surface area (Å²) in [5, 5.41) is 0. The average molecular weight is 279 g/mol. The molecule has 0 bridgehead atoms. The van der Waals surface area contributed by atoms with Gasteiger partial charge >= 0.3 is 0 Å². The lowest BCUT2D eigenvalue weighted by molar-refractivity contribution is -0.141. The number of carbonyl (C=O) groups excluding carboxylic acids is 2. The van der Waals surface area contributed by atoms with E-state index in [4.69, 9.17) is 5.73 Å². The first kappa shape index (κ1) is 14.5. The number of likely N-dealkylation sites (N-methyl/N-ethyl adjacent to an activating group) is 1. The predicted molar refractivity (Wildman–Crippen MR) is 72.3 cm³/mol. The van der Waals surface area contributed by atoms with Crippen molar-refractivity contribution in [3.8, 4) is 0 Å². The Hall–Kier alpha value is -1.95. The molecule has 2 amide bonds. The van der Waals surface area contributed by atoms with Gasteiger partial charge in [0.25, 0.3) is 0 Å². The van der Waals surface area contributed by atoms with Gasteiger partial charge in [-0.05, 0) is 24.7 Å². The summed E-state index contributed by atoms with van der Waals surface area (Å²) in [4.78, 5) is 27.2. The molecule has 1 aliphatic rings. The van der Waals surface area contributed by atoms with Crippen LogP contribution >= 0.6 is 0 Å². The van der Waals surface area contributed by atoms with Crippen molar-refractivity contribution in [2.75, 3.05) is 26.7 Å². The summed E-state index contributed by atoms with van der Waals surface area (Å²) in [6.45, 7) is 1.63. The van der Waals surface area contributed by atoms with E-state index in [-0.39, 0.29) is 18.1 Å². The van der Waals surface area contributed by atoms with E-state index in [0.29, 0.717) is 19.6 Å². The number of halogens is 1. The molecule has 1 saturated heterocycles. The van der Waals surface area contributed by atoms with Gasteiger partial charge in [0.05, 0.1) is 6.42 Å². The number of piperazine rings is 1. The zero-order chi connectivity index (χ0) is 14.7. The molecular weight excluding hydrogens is 261 g/mol. The van der Waals surface area contributed by atoms with E-state index in [9.17, 15) is 14.0 Å². The summed E-state index contributed by atoms with van der Waals surface area (Å²) in [6, 6.07) is 5.18. The number of nitrogens with two attached hydrogens (primary N) is 1. The zero-order valence-corrected chi connectivity index (χ0v) is 11.4. The summed E-state index contributed by atoms with van der Waals surface area (Å²) < 4.78 is 12.8. The Balaban J connectivity index is 2.06. The largest absolute Gasteiger partial charge is 0.368 e. The van der Waals surface area contributed by atoms with Gasteiger partial charge in [-0.2, -0.15) is 0 Å². The van der Waals surface area contributed by atoms with Crippen LogP contribution in [0.25, 0.3) is 0 Å². The molecule has 1 aliphatic heterocycles. The maximum Gasteiger partial charge on any atom is 0.241 e. The molecule has 20 heavy (non-hydrogen) atoms. The third kappa shape index (κ3) is 3.33. The van der Waals surface area contributed by atoms with E-state index in [1.807, 2.05) is 11.9 Å². The average Bonchev–Trinajstić information content (AvgIpc) is 2.41. The summed E-state index contributed by atoms with van der Waals surface area (Å²) in [6.07, 6.45) is 0.147. The van der Waals surface area contributed by atoms with Crippen LogP contribution in [0.3, 0.4) is 0 Å². The lowest BCUT2D eigenvalue weighted by Crippen LogP contribution is -2.59. The van der Waals surface area contributed by atoms with Crippen molar-refractivity contribution in [2.45, 2.75) is 12.5 Å². The van der Waals surface area contributed by atoms with Crippen LogP contribution in [0.5, 0.6) is 0 Å². The minimum absolute atomic E-state index is 0.147. The molecule has 6 heteroatoms. The minimum atomic E-state index is -0.596. The van der Waals surface area contributed by atoms with Crippen LogP contribution in [-0.4, -0.2) is 54.3 Å². The Morgan fingerprint density at radius 1 is 1.30 bits per heavy atom. The number of primary amides is 1. The van der Waals surface area contributed by atoms with Crippen LogP contribution in [-0.2, 0) is 16.0 Å². The van der Waals surface area contributed by atoms with E-state index in [0.717, 1.165) is 5.56 Å². The second-order valence-corrected chi connectivity index (χ2v) is 5.07. The highest BCUT2D eigenvalue weighted by molar-refractivity contribution is 5.88. The quantitative estimate of drug-likeness (QED) is 0.846. The van der Waals surface area contributed by atoms with Crippen molar-refractivity contribution in [3.63, 3.8) is 0 Å². The standard InChI is InChI=1S/C14H18FN3O2/c1-17-6-7-18(12(9-17)14(16)20)13(19)8-10-2-4-11(15)5-3-10/h2-5,12H,6-9H2,1H3,(H2,16,20)/t12-/m0/s1. The highest BCUT2D eigenvalue weighted by Crippen LogP contribution is 2.12. The molecule has 1 heterocycles. The molecule has 0 unspecified atom stereocenters. The summed E-state index contributed by atoms with van der Waals surface area (Å²) in [7, 11) is 1.89. The molecule has 2 rings (SSSR count).